The van der Waals surface area contributed by atoms with Crippen molar-refractivity contribution in [3.05, 3.63) is 124 Å². The number of carbonyl (C=O) groups excluding carboxylic acids is 1. The number of aromatic nitrogens is 3. The molecule has 0 aliphatic heterocycles. The van der Waals surface area contributed by atoms with Gasteiger partial charge < -0.3 is 9.47 Å². The number of methoxy groups -OCH3 is 1. The van der Waals surface area contributed by atoms with Crippen molar-refractivity contribution in [3.8, 4) is 22.9 Å². The highest BCUT2D eigenvalue weighted by molar-refractivity contribution is 5.99. The lowest BCUT2D eigenvalue weighted by Gasteiger charge is -2.18. The molecule has 2 aromatic carbocycles. The summed E-state index contributed by atoms with van der Waals surface area (Å²) in [6.07, 6.45) is 4.37. The number of benzene rings is 2. The largest absolute Gasteiger partial charge is 0.495 e. The summed E-state index contributed by atoms with van der Waals surface area (Å²) >= 11 is 0. The summed E-state index contributed by atoms with van der Waals surface area (Å²) < 4.78 is 41.0. The number of hydrogen-bond acceptors (Lipinski definition) is 6. The number of halogens is 2. The van der Waals surface area contributed by atoms with E-state index in [1.807, 2.05) is 0 Å². The minimum atomic E-state index is -0.690. The van der Waals surface area contributed by atoms with Gasteiger partial charge in [0.15, 0.2) is 23.1 Å². The van der Waals surface area contributed by atoms with Gasteiger partial charge in [0, 0.05) is 36.1 Å². The molecule has 7 nitrogen and oxygen atoms in total. The molecular formula is C32H25F2N3O4. The molecule has 0 saturated carbocycles. The summed E-state index contributed by atoms with van der Waals surface area (Å²) in [5.41, 5.74) is 2.78. The second-order valence-corrected chi connectivity index (χ2v) is 9.34. The van der Waals surface area contributed by atoms with E-state index in [0.29, 0.717) is 50.6 Å². The molecule has 9 heteroatoms. The van der Waals surface area contributed by atoms with Crippen LogP contribution in [0.3, 0.4) is 0 Å². The molecule has 0 bridgehead atoms. The standard InChI is InChI=1S/C32H25F2N3O4/c1-5-24-18(2)30(32(39)37(19(24)3)22-9-7-21(33)8-10-22)27(38)15-20-6-11-28(25(34)14-20)41-29-12-13-35-26-16-23(40-4)17-36-31(26)29/h5-14,16-17H,1,15H2,2-4H3. The molecule has 0 aliphatic carbocycles. The molecule has 3 heterocycles. The quantitative estimate of drug-likeness (QED) is 0.203. The van der Waals surface area contributed by atoms with Crippen LogP contribution in [0.4, 0.5) is 8.78 Å². The number of rotatable bonds is 8. The second kappa shape index (κ2) is 11.1. The fourth-order valence-corrected chi connectivity index (χ4v) is 4.79. The van der Waals surface area contributed by atoms with E-state index >= 15 is 4.39 Å². The van der Waals surface area contributed by atoms with E-state index in [4.69, 9.17) is 9.47 Å². The van der Waals surface area contributed by atoms with Gasteiger partial charge in [0.05, 0.1) is 24.4 Å². The van der Waals surface area contributed by atoms with Crippen molar-refractivity contribution in [1.82, 2.24) is 14.5 Å². The van der Waals surface area contributed by atoms with E-state index in [2.05, 4.69) is 16.5 Å². The van der Waals surface area contributed by atoms with E-state index in [-0.39, 0.29) is 17.7 Å². The molecule has 0 amide bonds. The van der Waals surface area contributed by atoms with Crippen LogP contribution in [-0.4, -0.2) is 27.4 Å². The lowest BCUT2D eigenvalue weighted by molar-refractivity contribution is 0.0990. The van der Waals surface area contributed by atoms with Gasteiger partial charge in [-0.25, -0.2) is 13.8 Å². The van der Waals surface area contributed by atoms with Crippen LogP contribution in [0.15, 0.2) is 78.4 Å². The van der Waals surface area contributed by atoms with Crippen molar-refractivity contribution in [2.24, 2.45) is 0 Å². The maximum absolute atomic E-state index is 15.2. The molecule has 0 aliphatic rings. The van der Waals surface area contributed by atoms with E-state index < -0.39 is 23.0 Å². The smallest absolute Gasteiger partial charge is 0.266 e. The third-order valence-electron chi connectivity index (χ3n) is 6.82. The molecule has 0 atom stereocenters. The number of hydrogen-bond donors (Lipinski definition) is 0. The molecule has 0 radical (unpaired) electrons. The fraction of sp³-hybridized carbons (Fsp3) is 0.125. The molecule has 0 spiro atoms. The summed E-state index contributed by atoms with van der Waals surface area (Å²) in [4.78, 5) is 35.6. The predicted octanol–water partition coefficient (Wildman–Crippen LogP) is 6.55. The zero-order chi connectivity index (χ0) is 29.3. The Morgan fingerprint density at radius 3 is 2.46 bits per heavy atom. The van der Waals surface area contributed by atoms with Crippen LogP contribution in [0, 0.1) is 25.5 Å². The minimum absolute atomic E-state index is 0.0414. The van der Waals surface area contributed by atoms with Gasteiger partial charge >= 0.3 is 0 Å². The Morgan fingerprint density at radius 1 is 1.02 bits per heavy atom. The molecule has 206 valence electrons. The highest BCUT2D eigenvalue weighted by atomic mass is 19.1. The number of Topliss-reactive ketones (excluding diaryl/α,β-unsaturated/α-hetero) is 1. The van der Waals surface area contributed by atoms with Gasteiger partial charge in [0.25, 0.3) is 5.56 Å². The molecule has 3 aromatic heterocycles. The third-order valence-corrected chi connectivity index (χ3v) is 6.82. The third kappa shape index (κ3) is 5.21. The fourth-order valence-electron chi connectivity index (χ4n) is 4.79. The van der Waals surface area contributed by atoms with Gasteiger partial charge in [-0.3, -0.25) is 19.1 Å². The van der Waals surface area contributed by atoms with Crippen molar-refractivity contribution in [1.29, 1.82) is 0 Å². The maximum Gasteiger partial charge on any atom is 0.266 e. The number of fused-ring (bicyclic) bond motifs is 1. The number of ketones is 1. The van der Waals surface area contributed by atoms with Gasteiger partial charge in [0.1, 0.15) is 17.1 Å². The Balaban J connectivity index is 1.46. The van der Waals surface area contributed by atoms with E-state index in [1.165, 1.54) is 60.5 Å². The van der Waals surface area contributed by atoms with Crippen LogP contribution in [0.5, 0.6) is 17.2 Å². The van der Waals surface area contributed by atoms with E-state index in [9.17, 15) is 14.0 Å². The lowest BCUT2D eigenvalue weighted by Crippen LogP contribution is -2.30. The Kier molecular flexibility index (Phi) is 7.43. The number of ether oxygens (including phenoxy) is 2. The first-order chi connectivity index (χ1) is 19.7. The Bertz CT molecular complexity index is 1880. The highest BCUT2D eigenvalue weighted by Crippen LogP contribution is 2.31. The average molecular weight is 554 g/mol. The first-order valence-corrected chi connectivity index (χ1v) is 12.6. The van der Waals surface area contributed by atoms with E-state index in [1.54, 1.807) is 38.1 Å². The normalized spacial score (nSPS) is 11.0. The molecule has 0 fully saturated rings. The molecule has 5 aromatic rings. The van der Waals surface area contributed by atoms with Crippen LogP contribution in [0.2, 0.25) is 0 Å². The van der Waals surface area contributed by atoms with Crippen molar-refractivity contribution >= 4 is 22.9 Å². The minimum Gasteiger partial charge on any atom is -0.495 e. The molecule has 0 unspecified atom stereocenters. The summed E-state index contributed by atoms with van der Waals surface area (Å²) in [6.45, 7) is 7.24. The van der Waals surface area contributed by atoms with Gasteiger partial charge in [-0.2, -0.15) is 0 Å². The summed E-state index contributed by atoms with van der Waals surface area (Å²) in [6, 6.07) is 12.8. The first-order valence-electron chi connectivity index (χ1n) is 12.6. The molecular weight excluding hydrogens is 528 g/mol. The van der Waals surface area contributed by atoms with Crippen LogP contribution in [0.1, 0.15) is 32.7 Å². The Labute approximate surface area is 234 Å². The number of carbonyl (C=O) groups is 1. The van der Waals surface area contributed by atoms with Crippen LogP contribution in [-0.2, 0) is 6.42 Å². The average Bonchev–Trinajstić information content (AvgIpc) is 2.95. The van der Waals surface area contributed by atoms with Crippen molar-refractivity contribution in [2.75, 3.05) is 7.11 Å². The van der Waals surface area contributed by atoms with E-state index in [0.717, 1.165) is 0 Å². The summed E-state index contributed by atoms with van der Waals surface area (Å²) in [7, 11) is 1.52. The monoisotopic (exact) mass is 553 g/mol. The number of pyridine rings is 3. The zero-order valence-corrected chi connectivity index (χ0v) is 22.6. The maximum atomic E-state index is 15.2. The van der Waals surface area contributed by atoms with Gasteiger partial charge in [-0.1, -0.05) is 18.7 Å². The van der Waals surface area contributed by atoms with Crippen LogP contribution in [0.25, 0.3) is 22.8 Å². The molecule has 41 heavy (non-hydrogen) atoms. The Morgan fingerprint density at radius 2 is 1.78 bits per heavy atom. The molecule has 5 rings (SSSR count). The SMILES string of the molecule is C=Cc1c(C)c(C(=O)Cc2ccc(Oc3ccnc4cc(OC)cnc34)c(F)c2)c(=O)n(-c2ccc(F)cc2)c1C. The van der Waals surface area contributed by atoms with Crippen molar-refractivity contribution in [2.45, 2.75) is 20.3 Å². The van der Waals surface area contributed by atoms with Gasteiger partial charge in [-0.05, 0) is 66.9 Å². The molecule has 0 N–H and O–H groups in total. The zero-order valence-electron chi connectivity index (χ0n) is 22.6. The molecule has 0 saturated heterocycles. The van der Waals surface area contributed by atoms with Crippen molar-refractivity contribution in [3.63, 3.8) is 0 Å². The highest BCUT2D eigenvalue weighted by Gasteiger charge is 2.22. The van der Waals surface area contributed by atoms with Crippen LogP contribution < -0.4 is 15.0 Å². The Hall–Kier alpha value is -5.18. The van der Waals surface area contributed by atoms with Gasteiger partial charge in [0.2, 0.25) is 0 Å². The predicted molar refractivity (Wildman–Crippen MR) is 152 cm³/mol. The summed E-state index contributed by atoms with van der Waals surface area (Å²) in [5.74, 6) is -0.868. The number of nitrogens with zero attached hydrogens (tertiary/aromatic N) is 3. The van der Waals surface area contributed by atoms with Crippen molar-refractivity contribution < 1.29 is 23.0 Å². The summed E-state index contributed by atoms with van der Waals surface area (Å²) in [5, 5.41) is 0. The lowest BCUT2D eigenvalue weighted by atomic mass is 9.95. The first kappa shape index (κ1) is 27.4. The topological polar surface area (TPSA) is 83.3 Å². The second-order valence-electron chi connectivity index (χ2n) is 9.34. The van der Waals surface area contributed by atoms with Gasteiger partial charge in [-0.15, -0.1) is 0 Å². The van der Waals surface area contributed by atoms with Crippen LogP contribution >= 0.6 is 0 Å².